The Balaban J connectivity index is 3.59. The van der Waals surface area contributed by atoms with Gasteiger partial charge in [0.2, 0.25) is 0 Å². The highest BCUT2D eigenvalue weighted by molar-refractivity contribution is 6.18. The molecular weight excluding hydrogens is 189 g/mol. The third-order valence-electron chi connectivity index (χ3n) is 1.16. The van der Waals surface area contributed by atoms with E-state index in [1.54, 1.807) is 4.90 Å². The van der Waals surface area contributed by atoms with Crippen molar-refractivity contribution in [1.82, 2.24) is 4.90 Å². The smallest absolute Gasteiger partial charge is 0.317 e. The van der Waals surface area contributed by atoms with E-state index in [1.807, 2.05) is 0 Å². The number of carboxylic acid groups (broad SMARTS) is 1. The Morgan fingerprint density at radius 1 is 1.27 bits per heavy atom. The quantitative estimate of drug-likeness (QED) is 0.646. The molecule has 0 aromatic rings. The largest absolute Gasteiger partial charge is 0.480 e. The fourth-order valence-electron chi connectivity index (χ4n) is 0.700. The maximum absolute atomic E-state index is 10.2. The first-order valence-corrected chi connectivity index (χ1v) is 4.33. The lowest BCUT2D eigenvalue weighted by atomic mass is 10.5. The number of nitrogens with zero attached hydrogens (tertiary/aromatic N) is 1. The molecule has 0 fully saturated rings. The molecule has 0 heterocycles. The molecule has 0 bridgehead atoms. The van der Waals surface area contributed by atoms with Gasteiger partial charge in [0, 0.05) is 24.8 Å². The maximum Gasteiger partial charge on any atom is 0.317 e. The molecule has 0 aromatic carbocycles. The van der Waals surface area contributed by atoms with E-state index in [2.05, 4.69) is 0 Å². The minimum Gasteiger partial charge on any atom is -0.480 e. The van der Waals surface area contributed by atoms with Gasteiger partial charge in [0.15, 0.2) is 0 Å². The van der Waals surface area contributed by atoms with Crippen LogP contribution in [0, 0.1) is 0 Å². The van der Waals surface area contributed by atoms with Crippen molar-refractivity contribution >= 4 is 29.2 Å². The third-order valence-corrected chi connectivity index (χ3v) is 1.50. The Hall–Kier alpha value is 0.01000. The average molecular weight is 200 g/mol. The lowest BCUT2D eigenvalue weighted by Crippen LogP contribution is -2.33. The predicted octanol–water partition coefficient (Wildman–Crippen LogP) is 0.851. The van der Waals surface area contributed by atoms with Gasteiger partial charge < -0.3 is 5.11 Å². The second-order valence-electron chi connectivity index (χ2n) is 2.05. The van der Waals surface area contributed by atoms with Crippen LogP contribution >= 0.6 is 23.2 Å². The zero-order valence-electron chi connectivity index (χ0n) is 6.09. The summed E-state index contributed by atoms with van der Waals surface area (Å²) in [4.78, 5) is 11.9. The molecule has 3 nitrogen and oxygen atoms in total. The fourth-order valence-corrected chi connectivity index (χ4v) is 1.18. The first-order chi connectivity index (χ1) is 5.20. The topological polar surface area (TPSA) is 40.5 Å². The summed E-state index contributed by atoms with van der Waals surface area (Å²) in [5.41, 5.74) is 0. The molecule has 66 valence electrons. The van der Waals surface area contributed by atoms with E-state index < -0.39 is 5.97 Å². The normalized spacial score (nSPS) is 10.5. The van der Waals surface area contributed by atoms with Gasteiger partial charge in [-0.1, -0.05) is 0 Å². The van der Waals surface area contributed by atoms with E-state index in [0.717, 1.165) is 0 Å². The highest BCUT2D eigenvalue weighted by Gasteiger charge is 2.06. The van der Waals surface area contributed by atoms with Crippen molar-refractivity contribution < 1.29 is 9.90 Å². The highest BCUT2D eigenvalue weighted by atomic mass is 35.5. The lowest BCUT2D eigenvalue weighted by molar-refractivity contribution is -0.138. The Morgan fingerprint density at radius 3 is 2.00 bits per heavy atom. The molecule has 0 saturated heterocycles. The van der Waals surface area contributed by atoms with E-state index in [-0.39, 0.29) is 6.54 Å². The van der Waals surface area contributed by atoms with Crippen LogP contribution in [0.4, 0.5) is 0 Å². The summed E-state index contributed by atoms with van der Waals surface area (Å²) >= 11 is 10.9. The van der Waals surface area contributed by atoms with Gasteiger partial charge in [-0.2, -0.15) is 0 Å². The first-order valence-electron chi connectivity index (χ1n) is 3.26. The first kappa shape index (κ1) is 11.0. The van der Waals surface area contributed by atoms with E-state index >= 15 is 0 Å². The van der Waals surface area contributed by atoms with Crippen LogP contribution in [0.1, 0.15) is 0 Å². The second-order valence-corrected chi connectivity index (χ2v) is 2.80. The molecule has 0 amide bonds. The van der Waals surface area contributed by atoms with Gasteiger partial charge >= 0.3 is 5.97 Å². The molecule has 0 aromatic heterocycles. The van der Waals surface area contributed by atoms with Crippen molar-refractivity contribution in [3.8, 4) is 0 Å². The molecule has 1 N–H and O–H groups in total. The minimum absolute atomic E-state index is 0.0133. The Morgan fingerprint density at radius 2 is 1.73 bits per heavy atom. The summed E-state index contributed by atoms with van der Waals surface area (Å²) in [5, 5.41) is 8.41. The Kier molecular flexibility index (Phi) is 6.71. The standard InChI is InChI=1S/C6H11Cl2NO2/c7-1-3-9(4-2-8)5-6(10)11/h1-5H2,(H,10,11). The molecule has 0 rings (SSSR count). The minimum atomic E-state index is -0.847. The zero-order valence-corrected chi connectivity index (χ0v) is 7.61. The third kappa shape index (κ3) is 6.41. The van der Waals surface area contributed by atoms with Crippen LogP contribution < -0.4 is 0 Å². The highest BCUT2D eigenvalue weighted by Crippen LogP contribution is 1.91. The summed E-state index contributed by atoms with van der Waals surface area (Å²) in [6.45, 7) is 1.15. The van der Waals surface area contributed by atoms with Gasteiger partial charge in [0.25, 0.3) is 0 Å². The summed E-state index contributed by atoms with van der Waals surface area (Å²) in [5.74, 6) is 0.0224. The molecule has 0 spiro atoms. The van der Waals surface area contributed by atoms with Crippen LogP contribution in [0.15, 0.2) is 0 Å². The van der Waals surface area contributed by atoms with Crippen molar-refractivity contribution in [3.63, 3.8) is 0 Å². The van der Waals surface area contributed by atoms with Gasteiger partial charge in [-0.25, -0.2) is 0 Å². The molecule has 0 aliphatic rings. The number of halogens is 2. The number of aliphatic carboxylic acids is 1. The van der Waals surface area contributed by atoms with Crippen molar-refractivity contribution in [3.05, 3.63) is 0 Å². The van der Waals surface area contributed by atoms with Gasteiger partial charge in [-0.3, -0.25) is 9.69 Å². The molecular formula is C6H11Cl2NO2. The van der Waals surface area contributed by atoms with Crippen LogP contribution in [0.25, 0.3) is 0 Å². The summed E-state index contributed by atoms with van der Waals surface area (Å²) in [6.07, 6.45) is 0. The molecule has 0 aliphatic heterocycles. The van der Waals surface area contributed by atoms with Gasteiger partial charge in [0.05, 0.1) is 6.54 Å². The van der Waals surface area contributed by atoms with Crippen LogP contribution in [-0.4, -0.2) is 47.4 Å². The zero-order chi connectivity index (χ0) is 8.69. The van der Waals surface area contributed by atoms with Gasteiger partial charge in [-0.15, -0.1) is 23.2 Å². The van der Waals surface area contributed by atoms with Crippen LogP contribution in [0.3, 0.4) is 0 Å². The average Bonchev–Trinajstić information content (AvgIpc) is 1.87. The van der Waals surface area contributed by atoms with E-state index in [4.69, 9.17) is 28.3 Å². The van der Waals surface area contributed by atoms with Crippen molar-refractivity contribution in [2.24, 2.45) is 0 Å². The number of rotatable bonds is 6. The SMILES string of the molecule is O=C(O)CN(CCCl)CCCl. The summed E-state index contributed by atoms with van der Waals surface area (Å²) < 4.78 is 0. The molecule has 5 heteroatoms. The number of carboxylic acids is 1. The molecule has 0 atom stereocenters. The molecule has 0 aliphatic carbocycles. The monoisotopic (exact) mass is 199 g/mol. The maximum atomic E-state index is 10.2. The molecule has 11 heavy (non-hydrogen) atoms. The molecule has 0 radical (unpaired) electrons. The lowest BCUT2D eigenvalue weighted by Gasteiger charge is -2.16. The molecule has 0 saturated carbocycles. The number of carbonyl (C=O) groups is 1. The number of hydrogen-bond acceptors (Lipinski definition) is 2. The second kappa shape index (κ2) is 6.70. The van der Waals surface area contributed by atoms with Crippen molar-refractivity contribution in [2.75, 3.05) is 31.4 Å². The van der Waals surface area contributed by atoms with E-state index in [1.165, 1.54) is 0 Å². The van der Waals surface area contributed by atoms with Crippen LogP contribution in [0.2, 0.25) is 0 Å². The Bertz CT molecular complexity index is 115. The fraction of sp³-hybridized carbons (Fsp3) is 0.833. The van der Waals surface area contributed by atoms with Crippen LogP contribution in [-0.2, 0) is 4.79 Å². The summed E-state index contributed by atoms with van der Waals surface area (Å²) in [6, 6.07) is 0. The molecule has 0 unspecified atom stereocenters. The van der Waals surface area contributed by atoms with E-state index in [0.29, 0.717) is 24.8 Å². The van der Waals surface area contributed by atoms with Crippen LogP contribution in [0.5, 0.6) is 0 Å². The number of hydrogen-bond donors (Lipinski definition) is 1. The number of alkyl halides is 2. The predicted molar refractivity (Wildman–Crippen MR) is 45.5 cm³/mol. The summed E-state index contributed by atoms with van der Waals surface area (Å²) in [7, 11) is 0. The van der Waals surface area contributed by atoms with Crippen molar-refractivity contribution in [1.29, 1.82) is 0 Å². The Labute approximate surface area is 75.9 Å². The van der Waals surface area contributed by atoms with Crippen molar-refractivity contribution in [2.45, 2.75) is 0 Å². The van der Waals surface area contributed by atoms with E-state index in [9.17, 15) is 4.79 Å². The van der Waals surface area contributed by atoms with Gasteiger partial charge in [0.1, 0.15) is 0 Å². The van der Waals surface area contributed by atoms with Gasteiger partial charge in [-0.05, 0) is 0 Å².